The van der Waals surface area contributed by atoms with Gasteiger partial charge in [0.15, 0.2) is 0 Å². The van der Waals surface area contributed by atoms with Crippen molar-refractivity contribution in [2.75, 3.05) is 12.8 Å². The molecule has 0 aliphatic carbocycles. The molecule has 0 bridgehead atoms. The molecule has 0 saturated heterocycles. The van der Waals surface area contributed by atoms with E-state index in [4.69, 9.17) is 19.7 Å². The van der Waals surface area contributed by atoms with E-state index in [-0.39, 0.29) is 5.89 Å². The van der Waals surface area contributed by atoms with Crippen LogP contribution in [0.5, 0.6) is 5.75 Å². The van der Waals surface area contributed by atoms with Crippen LogP contribution in [-0.4, -0.2) is 18.9 Å². The summed E-state index contributed by atoms with van der Waals surface area (Å²) in [5.41, 5.74) is 6.75. The SMILES string of the molecule is C=O.CC.COc1ccccc1-c1nc2cccc(N)c2c(=O)o1. The first kappa shape index (κ1) is 18.9. The summed E-state index contributed by atoms with van der Waals surface area (Å²) in [6.45, 7) is 6.00. The maximum atomic E-state index is 12.1. The van der Waals surface area contributed by atoms with Gasteiger partial charge < -0.3 is 19.7 Å². The smallest absolute Gasteiger partial charge is 0.349 e. The number of nitrogens with zero attached hydrogens (tertiary/aromatic N) is 1. The van der Waals surface area contributed by atoms with Crippen LogP contribution in [0.2, 0.25) is 0 Å². The number of carbonyl (C=O) groups excluding carboxylic acids is 1. The second-order valence-electron chi connectivity index (χ2n) is 4.25. The molecule has 2 aromatic carbocycles. The number of aromatic nitrogens is 1. The number of nitrogen functional groups attached to an aromatic ring is 1. The number of benzene rings is 2. The summed E-state index contributed by atoms with van der Waals surface area (Å²) < 4.78 is 10.5. The number of fused-ring (bicyclic) bond motifs is 1. The molecule has 3 rings (SSSR count). The Morgan fingerprint density at radius 2 is 1.75 bits per heavy atom. The van der Waals surface area contributed by atoms with Gasteiger partial charge in [-0.1, -0.05) is 32.0 Å². The van der Waals surface area contributed by atoms with Crippen molar-refractivity contribution >= 4 is 23.4 Å². The number of anilines is 1. The molecule has 1 heterocycles. The van der Waals surface area contributed by atoms with Gasteiger partial charge in [-0.05, 0) is 24.3 Å². The van der Waals surface area contributed by atoms with Crippen molar-refractivity contribution in [3.05, 3.63) is 52.9 Å². The highest BCUT2D eigenvalue weighted by Gasteiger charge is 2.13. The van der Waals surface area contributed by atoms with Crippen LogP contribution < -0.4 is 16.1 Å². The Hall–Kier alpha value is -3.15. The zero-order valence-electron chi connectivity index (χ0n) is 13.9. The normalized spacial score (nSPS) is 9.29. The van der Waals surface area contributed by atoms with Gasteiger partial charge in [0.2, 0.25) is 5.89 Å². The van der Waals surface area contributed by atoms with Crippen LogP contribution in [-0.2, 0) is 4.79 Å². The number of ether oxygens (including phenoxy) is 1. The first-order chi connectivity index (χ1) is 11.7. The number of hydrogen-bond donors (Lipinski definition) is 1. The van der Waals surface area contributed by atoms with Gasteiger partial charge in [0.1, 0.15) is 17.9 Å². The molecule has 6 heteroatoms. The van der Waals surface area contributed by atoms with Crippen molar-refractivity contribution < 1.29 is 13.9 Å². The number of rotatable bonds is 2. The third-order valence-corrected chi connectivity index (χ3v) is 3.03. The molecule has 0 aliphatic rings. The van der Waals surface area contributed by atoms with Crippen LogP contribution >= 0.6 is 0 Å². The fourth-order valence-electron chi connectivity index (χ4n) is 2.08. The van der Waals surface area contributed by atoms with Crippen molar-refractivity contribution in [1.29, 1.82) is 0 Å². The van der Waals surface area contributed by atoms with E-state index in [0.717, 1.165) is 0 Å². The molecule has 3 aromatic rings. The monoisotopic (exact) mass is 328 g/mol. The van der Waals surface area contributed by atoms with Crippen LogP contribution in [0.25, 0.3) is 22.4 Å². The minimum atomic E-state index is -0.506. The third kappa shape index (κ3) is 3.78. The lowest BCUT2D eigenvalue weighted by Crippen LogP contribution is -2.06. The van der Waals surface area contributed by atoms with Gasteiger partial charge in [-0.3, -0.25) is 0 Å². The molecule has 0 radical (unpaired) electrons. The Kier molecular flexibility index (Phi) is 7.16. The number of para-hydroxylation sites is 1. The molecular weight excluding hydrogens is 308 g/mol. The van der Waals surface area contributed by atoms with Gasteiger partial charge in [0.25, 0.3) is 0 Å². The van der Waals surface area contributed by atoms with Gasteiger partial charge >= 0.3 is 5.63 Å². The van der Waals surface area contributed by atoms with Gasteiger partial charge in [-0.25, -0.2) is 9.78 Å². The highest BCUT2D eigenvalue weighted by Crippen LogP contribution is 2.28. The third-order valence-electron chi connectivity index (χ3n) is 3.03. The Balaban J connectivity index is 0.000000671. The summed E-state index contributed by atoms with van der Waals surface area (Å²) in [7, 11) is 1.55. The number of carbonyl (C=O) groups is 1. The van der Waals surface area contributed by atoms with Gasteiger partial charge in [0, 0.05) is 5.69 Å². The Morgan fingerprint density at radius 1 is 1.08 bits per heavy atom. The summed E-state index contributed by atoms with van der Waals surface area (Å²) in [4.78, 5) is 24.4. The first-order valence-electron chi connectivity index (χ1n) is 7.32. The maximum Gasteiger partial charge on any atom is 0.349 e. The molecule has 2 N–H and O–H groups in total. The summed E-state index contributed by atoms with van der Waals surface area (Å²) in [6.07, 6.45) is 0. The minimum Gasteiger partial charge on any atom is -0.496 e. The second kappa shape index (κ2) is 9.09. The predicted molar refractivity (Wildman–Crippen MR) is 95.1 cm³/mol. The van der Waals surface area contributed by atoms with E-state index in [2.05, 4.69) is 4.98 Å². The first-order valence-corrected chi connectivity index (χ1v) is 7.32. The van der Waals surface area contributed by atoms with E-state index in [9.17, 15) is 4.79 Å². The average Bonchev–Trinajstić information content (AvgIpc) is 2.64. The topological polar surface area (TPSA) is 95.4 Å². The number of hydrogen-bond acceptors (Lipinski definition) is 6. The van der Waals surface area contributed by atoms with Crippen molar-refractivity contribution in [3.63, 3.8) is 0 Å². The molecule has 1 aromatic heterocycles. The quantitative estimate of drug-likeness (QED) is 0.725. The largest absolute Gasteiger partial charge is 0.496 e. The molecule has 126 valence electrons. The molecule has 0 fully saturated rings. The fourth-order valence-corrected chi connectivity index (χ4v) is 2.08. The van der Waals surface area contributed by atoms with Crippen LogP contribution in [0.15, 0.2) is 51.7 Å². The standard InChI is InChI=1S/C15H12N2O3.C2H6.CH2O/c1-19-12-8-3-2-5-9(12)14-17-11-7-4-6-10(16)13(11)15(18)20-14;2*1-2/h2-8H,16H2,1H3;1-2H3;1H2. The number of nitrogens with two attached hydrogens (primary N) is 1. The van der Waals surface area contributed by atoms with E-state index < -0.39 is 5.63 Å². The Bertz CT molecular complexity index is 859. The molecule has 0 amide bonds. The Morgan fingerprint density at radius 3 is 2.42 bits per heavy atom. The van der Waals surface area contributed by atoms with Gasteiger partial charge in [-0.2, -0.15) is 0 Å². The average molecular weight is 328 g/mol. The van der Waals surface area contributed by atoms with Gasteiger partial charge in [-0.15, -0.1) is 0 Å². The highest BCUT2D eigenvalue weighted by molar-refractivity contribution is 5.89. The molecule has 24 heavy (non-hydrogen) atoms. The summed E-state index contributed by atoms with van der Waals surface area (Å²) in [5, 5.41) is 0.297. The summed E-state index contributed by atoms with van der Waals surface area (Å²) in [5.74, 6) is 0.803. The van der Waals surface area contributed by atoms with Crippen LogP contribution in [0.4, 0.5) is 5.69 Å². The van der Waals surface area contributed by atoms with Crippen molar-refractivity contribution in [2.45, 2.75) is 13.8 Å². The van der Waals surface area contributed by atoms with Crippen LogP contribution in [0.1, 0.15) is 13.8 Å². The fraction of sp³-hybridized carbons (Fsp3) is 0.167. The second-order valence-corrected chi connectivity index (χ2v) is 4.25. The van der Waals surface area contributed by atoms with Crippen LogP contribution in [0.3, 0.4) is 0 Å². The molecule has 0 unspecified atom stereocenters. The zero-order valence-corrected chi connectivity index (χ0v) is 13.9. The van der Waals surface area contributed by atoms with Crippen molar-refractivity contribution in [3.8, 4) is 17.2 Å². The van der Waals surface area contributed by atoms with E-state index in [1.807, 2.05) is 32.8 Å². The molecule has 0 atom stereocenters. The zero-order chi connectivity index (χ0) is 18.1. The highest BCUT2D eigenvalue weighted by atomic mass is 16.5. The lowest BCUT2D eigenvalue weighted by molar-refractivity contribution is -0.0979. The van der Waals surface area contributed by atoms with Crippen LogP contribution in [0, 0.1) is 0 Å². The lowest BCUT2D eigenvalue weighted by atomic mass is 10.2. The van der Waals surface area contributed by atoms with E-state index >= 15 is 0 Å². The molecule has 0 saturated carbocycles. The Labute approximate surface area is 139 Å². The molecule has 0 aliphatic heterocycles. The molecule has 0 spiro atoms. The van der Waals surface area contributed by atoms with Crippen molar-refractivity contribution in [1.82, 2.24) is 4.98 Å². The van der Waals surface area contributed by atoms with E-state index in [1.165, 1.54) is 0 Å². The van der Waals surface area contributed by atoms with E-state index in [1.54, 1.807) is 37.4 Å². The maximum absolute atomic E-state index is 12.1. The summed E-state index contributed by atoms with van der Waals surface area (Å²) >= 11 is 0. The minimum absolute atomic E-state index is 0.213. The van der Waals surface area contributed by atoms with E-state index in [0.29, 0.717) is 27.9 Å². The molecular formula is C18H20N2O4. The predicted octanol–water partition coefficient (Wildman–Crippen LogP) is 3.29. The molecule has 6 nitrogen and oxygen atoms in total. The van der Waals surface area contributed by atoms with Gasteiger partial charge in [0.05, 0.1) is 18.2 Å². The van der Waals surface area contributed by atoms with Crippen molar-refractivity contribution in [2.24, 2.45) is 0 Å². The summed E-state index contributed by atoms with van der Waals surface area (Å²) in [6, 6.07) is 12.3. The lowest BCUT2D eigenvalue weighted by Gasteiger charge is -2.07. The number of methoxy groups -OCH3 is 1.